The molecule has 1 fully saturated rings. The van der Waals surface area contributed by atoms with E-state index in [9.17, 15) is 9.59 Å². The minimum absolute atomic E-state index is 0.0750. The largest absolute Gasteiger partial charge is 0.351 e. The molecule has 0 saturated heterocycles. The van der Waals surface area contributed by atoms with Gasteiger partial charge < -0.3 is 10.2 Å². The van der Waals surface area contributed by atoms with Gasteiger partial charge in [0.1, 0.15) is 10.7 Å². The van der Waals surface area contributed by atoms with Crippen molar-refractivity contribution in [1.82, 2.24) is 15.2 Å². The molecule has 5 nitrogen and oxygen atoms in total. The van der Waals surface area contributed by atoms with Gasteiger partial charge in [-0.3, -0.25) is 9.59 Å². The fraction of sp³-hybridized carbons (Fsp3) is 0.522. The standard InChI is InChI=1S/C23H31N3O2S/c1-3-5-12-24-22(27)20-16-29-21(25-20)15-26(13-6-4-2)23(28)19-14-18(19)17-10-8-7-9-11-17/h7-11,16,18-19H,3-6,12-15H2,1-2H3,(H,24,27). The number of hydrogen-bond acceptors (Lipinski definition) is 4. The minimum atomic E-state index is -0.126. The van der Waals surface area contributed by atoms with Crippen LogP contribution >= 0.6 is 11.3 Å². The first kappa shape index (κ1) is 21.5. The predicted molar refractivity (Wildman–Crippen MR) is 117 cm³/mol. The molecule has 6 heteroatoms. The Balaban J connectivity index is 1.61. The van der Waals surface area contributed by atoms with E-state index in [4.69, 9.17) is 0 Å². The minimum Gasteiger partial charge on any atom is -0.351 e. The molecule has 2 unspecified atom stereocenters. The lowest BCUT2D eigenvalue weighted by molar-refractivity contribution is -0.133. The number of rotatable bonds is 11. The SMILES string of the molecule is CCCCNC(=O)c1csc(CN(CCCC)C(=O)C2CC2c2ccccc2)n1. The first-order valence-corrected chi connectivity index (χ1v) is 11.6. The third-order valence-electron chi connectivity index (χ3n) is 5.36. The number of nitrogens with one attached hydrogen (secondary N) is 1. The molecule has 1 heterocycles. The van der Waals surface area contributed by atoms with E-state index in [2.05, 4.69) is 36.3 Å². The van der Waals surface area contributed by atoms with Crippen LogP contribution in [-0.2, 0) is 11.3 Å². The quantitative estimate of drug-likeness (QED) is 0.548. The van der Waals surface area contributed by atoms with Crippen LogP contribution in [0.1, 0.15) is 72.9 Å². The number of aromatic nitrogens is 1. The fourth-order valence-corrected chi connectivity index (χ4v) is 4.30. The zero-order valence-corrected chi connectivity index (χ0v) is 18.2. The van der Waals surface area contributed by atoms with Crippen LogP contribution in [0.5, 0.6) is 0 Å². The molecule has 1 aliphatic rings. The summed E-state index contributed by atoms with van der Waals surface area (Å²) in [5.74, 6) is 0.505. The van der Waals surface area contributed by atoms with Crippen LogP contribution in [0, 0.1) is 5.92 Å². The van der Waals surface area contributed by atoms with E-state index in [-0.39, 0.29) is 17.7 Å². The number of thiazole rings is 1. The first-order valence-electron chi connectivity index (χ1n) is 10.7. The highest BCUT2D eigenvalue weighted by molar-refractivity contribution is 7.09. The second-order valence-electron chi connectivity index (χ2n) is 7.71. The molecule has 0 spiro atoms. The Hall–Kier alpha value is -2.21. The Morgan fingerprint density at radius 2 is 1.93 bits per heavy atom. The summed E-state index contributed by atoms with van der Waals surface area (Å²) >= 11 is 1.46. The number of carbonyl (C=O) groups is 2. The predicted octanol–water partition coefficient (Wildman–Crippen LogP) is 4.61. The smallest absolute Gasteiger partial charge is 0.270 e. The Kier molecular flexibility index (Phi) is 7.81. The van der Waals surface area contributed by atoms with Crippen molar-refractivity contribution in [3.63, 3.8) is 0 Å². The van der Waals surface area contributed by atoms with Gasteiger partial charge in [-0.05, 0) is 30.7 Å². The van der Waals surface area contributed by atoms with Gasteiger partial charge in [0.15, 0.2) is 0 Å². The average Bonchev–Trinajstić information content (AvgIpc) is 3.41. The number of amides is 2. The number of unbranched alkanes of at least 4 members (excludes halogenated alkanes) is 2. The third kappa shape index (κ3) is 5.89. The van der Waals surface area contributed by atoms with Crippen molar-refractivity contribution in [2.45, 2.75) is 58.4 Å². The van der Waals surface area contributed by atoms with E-state index in [0.29, 0.717) is 24.7 Å². The highest BCUT2D eigenvalue weighted by Gasteiger charge is 2.45. The van der Waals surface area contributed by atoms with Crippen LogP contribution in [0.3, 0.4) is 0 Å². The summed E-state index contributed by atoms with van der Waals surface area (Å²) < 4.78 is 0. The van der Waals surface area contributed by atoms with Crippen molar-refractivity contribution in [3.8, 4) is 0 Å². The molecule has 1 aliphatic carbocycles. The molecular formula is C23H31N3O2S. The van der Waals surface area contributed by atoms with Gasteiger partial charge in [-0.25, -0.2) is 4.98 Å². The molecule has 156 valence electrons. The monoisotopic (exact) mass is 413 g/mol. The van der Waals surface area contributed by atoms with E-state index in [1.807, 2.05) is 23.1 Å². The van der Waals surface area contributed by atoms with Gasteiger partial charge in [-0.1, -0.05) is 57.0 Å². The lowest BCUT2D eigenvalue weighted by Gasteiger charge is -2.21. The van der Waals surface area contributed by atoms with Crippen LogP contribution in [0.15, 0.2) is 35.7 Å². The van der Waals surface area contributed by atoms with Gasteiger partial charge in [0, 0.05) is 24.4 Å². The molecule has 0 aliphatic heterocycles. The second kappa shape index (κ2) is 10.5. The summed E-state index contributed by atoms with van der Waals surface area (Å²) in [5, 5.41) is 5.52. The summed E-state index contributed by atoms with van der Waals surface area (Å²) in [4.78, 5) is 31.8. The Bertz CT molecular complexity index is 805. The molecule has 2 atom stereocenters. The zero-order valence-electron chi connectivity index (χ0n) is 17.4. The number of carbonyl (C=O) groups excluding carboxylic acids is 2. The molecule has 0 bridgehead atoms. The van der Waals surface area contributed by atoms with Gasteiger partial charge in [0.2, 0.25) is 5.91 Å². The molecule has 0 radical (unpaired) electrons. The molecule has 2 amide bonds. The first-order chi connectivity index (χ1) is 14.1. The van der Waals surface area contributed by atoms with Gasteiger partial charge in [-0.15, -0.1) is 11.3 Å². The molecule has 1 aromatic carbocycles. The Morgan fingerprint density at radius 1 is 1.17 bits per heavy atom. The summed E-state index contributed by atoms with van der Waals surface area (Å²) in [6.07, 6.45) is 4.95. The van der Waals surface area contributed by atoms with Gasteiger partial charge >= 0.3 is 0 Å². The van der Waals surface area contributed by atoms with Crippen molar-refractivity contribution in [3.05, 3.63) is 52.0 Å². The number of benzene rings is 1. The van der Waals surface area contributed by atoms with Gasteiger partial charge in [0.05, 0.1) is 6.54 Å². The normalized spacial score (nSPS) is 17.7. The molecule has 2 aromatic rings. The van der Waals surface area contributed by atoms with Crippen molar-refractivity contribution < 1.29 is 9.59 Å². The maximum atomic E-state index is 13.1. The topological polar surface area (TPSA) is 62.3 Å². The van der Waals surface area contributed by atoms with Gasteiger partial charge in [0.25, 0.3) is 5.91 Å². The van der Waals surface area contributed by atoms with Crippen molar-refractivity contribution >= 4 is 23.2 Å². The molecule has 1 aromatic heterocycles. The van der Waals surface area contributed by atoms with E-state index in [1.54, 1.807) is 5.38 Å². The average molecular weight is 414 g/mol. The van der Waals surface area contributed by atoms with Crippen LogP contribution in [-0.4, -0.2) is 34.8 Å². The molecule has 1 N–H and O–H groups in total. The highest BCUT2D eigenvalue weighted by Crippen LogP contribution is 2.48. The summed E-state index contributed by atoms with van der Waals surface area (Å²) in [6, 6.07) is 10.3. The summed E-state index contributed by atoms with van der Waals surface area (Å²) in [7, 11) is 0. The van der Waals surface area contributed by atoms with Crippen molar-refractivity contribution in [2.24, 2.45) is 5.92 Å². The number of nitrogens with zero attached hydrogens (tertiary/aromatic N) is 2. The lowest BCUT2D eigenvalue weighted by atomic mass is 10.1. The molecular weight excluding hydrogens is 382 g/mol. The molecule has 29 heavy (non-hydrogen) atoms. The van der Waals surface area contributed by atoms with Crippen LogP contribution in [0.2, 0.25) is 0 Å². The van der Waals surface area contributed by atoms with Crippen LogP contribution < -0.4 is 5.32 Å². The maximum Gasteiger partial charge on any atom is 0.270 e. The van der Waals surface area contributed by atoms with E-state index >= 15 is 0 Å². The van der Waals surface area contributed by atoms with E-state index in [1.165, 1.54) is 16.9 Å². The zero-order chi connectivity index (χ0) is 20.6. The van der Waals surface area contributed by atoms with Gasteiger partial charge in [-0.2, -0.15) is 0 Å². The van der Waals surface area contributed by atoms with Crippen LogP contribution in [0.4, 0.5) is 0 Å². The third-order valence-corrected chi connectivity index (χ3v) is 6.19. The number of hydrogen-bond donors (Lipinski definition) is 1. The highest BCUT2D eigenvalue weighted by atomic mass is 32.1. The second-order valence-corrected chi connectivity index (χ2v) is 8.65. The van der Waals surface area contributed by atoms with E-state index in [0.717, 1.165) is 43.7 Å². The molecule has 1 saturated carbocycles. The molecule has 3 rings (SSSR count). The summed E-state index contributed by atoms with van der Waals surface area (Å²) in [5.41, 5.74) is 1.71. The van der Waals surface area contributed by atoms with Crippen molar-refractivity contribution in [2.75, 3.05) is 13.1 Å². The Labute approximate surface area is 177 Å². The van der Waals surface area contributed by atoms with E-state index < -0.39 is 0 Å². The summed E-state index contributed by atoms with van der Waals surface area (Å²) in [6.45, 7) is 6.13. The van der Waals surface area contributed by atoms with Crippen LogP contribution in [0.25, 0.3) is 0 Å². The maximum absolute atomic E-state index is 13.1. The fourth-order valence-electron chi connectivity index (χ4n) is 3.51. The van der Waals surface area contributed by atoms with Crippen molar-refractivity contribution in [1.29, 1.82) is 0 Å². The Morgan fingerprint density at radius 3 is 2.66 bits per heavy atom. The lowest BCUT2D eigenvalue weighted by Crippen LogP contribution is -2.33.